The van der Waals surface area contributed by atoms with Gasteiger partial charge in [-0.05, 0) is 42.4 Å². The summed E-state index contributed by atoms with van der Waals surface area (Å²) in [6.07, 6.45) is 7.27. The minimum Gasteiger partial charge on any atom is -0.395 e. The Balaban J connectivity index is 1.65. The molecule has 0 unspecified atom stereocenters. The quantitative estimate of drug-likeness (QED) is 0.706. The van der Waals surface area contributed by atoms with Gasteiger partial charge in [-0.3, -0.25) is 4.79 Å². The molecule has 136 valence electrons. The Labute approximate surface area is 149 Å². The minimum atomic E-state index is -0.116. The van der Waals surface area contributed by atoms with Gasteiger partial charge in [0.1, 0.15) is 6.61 Å². The Morgan fingerprint density at radius 2 is 2.08 bits per heavy atom. The predicted molar refractivity (Wildman–Crippen MR) is 98.3 cm³/mol. The van der Waals surface area contributed by atoms with Crippen LogP contribution >= 0.6 is 0 Å². The lowest BCUT2D eigenvalue weighted by Gasteiger charge is -2.46. The highest BCUT2D eigenvalue weighted by atomic mass is 16.5. The third kappa shape index (κ3) is 4.29. The average Bonchev–Trinajstić information content (AvgIpc) is 2.63. The molecule has 0 bridgehead atoms. The molecule has 25 heavy (non-hydrogen) atoms. The third-order valence-corrected chi connectivity index (χ3v) is 5.24. The molecule has 2 aliphatic rings. The number of amides is 1. The normalized spacial score (nSPS) is 25.8. The number of ether oxygens (including phenoxy) is 1. The van der Waals surface area contributed by atoms with E-state index in [4.69, 9.17) is 4.74 Å². The minimum absolute atomic E-state index is 0.0454. The lowest BCUT2D eigenvalue weighted by molar-refractivity contribution is -0.125. The molecule has 3 rings (SSSR count). The van der Waals surface area contributed by atoms with Crippen molar-refractivity contribution < 1.29 is 14.6 Å². The van der Waals surface area contributed by atoms with Crippen LogP contribution < -0.4 is 10.6 Å². The maximum Gasteiger partial charge on any atom is 0.246 e. The van der Waals surface area contributed by atoms with Crippen LogP contribution in [0.2, 0.25) is 0 Å². The third-order valence-electron chi connectivity index (χ3n) is 5.24. The standard InChI is InChI=1S/C20H28N2O3/c1-25-13-19(24)21-11-17-20(18(12-23)22-17)16-9-7-15(8-10-16)14-5-3-2-4-6-14/h5,7-10,17-18,20,22-23H,2-4,6,11-13H2,1H3,(H,21,24)/t17-,18-,20-/m1/s1. The van der Waals surface area contributed by atoms with Crippen LogP contribution in [0.25, 0.3) is 5.57 Å². The molecule has 1 aromatic rings. The van der Waals surface area contributed by atoms with E-state index >= 15 is 0 Å². The zero-order valence-corrected chi connectivity index (χ0v) is 14.8. The van der Waals surface area contributed by atoms with Crippen molar-refractivity contribution in [3.8, 4) is 0 Å². The van der Waals surface area contributed by atoms with Gasteiger partial charge in [0.15, 0.2) is 0 Å². The van der Waals surface area contributed by atoms with Crippen molar-refractivity contribution in [2.24, 2.45) is 0 Å². The first-order chi connectivity index (χ1) is 12.2. The van der Waals surface area contributed by atoms with Crippen molar-refractivity contribution in [3.63, 3.8) is 0 Å². The SMILES string of the molecule is COCC(=O)NC[C@H]1N[C@H](CO)[C@@H]1c1ccc(C2=CCCCC2)cc1. The van der Waals surface area contributed by atoms with Crippen molar-refractivity contribution >= 4 is 11.5 Å². The molecule has 5 heteroatoms. The Bertz CT molecular complexity index is 612. The number of benzene rings is 1. The Morgan fingerprint density at radius 1 is 1.28 bits per heavy atom. The number of carbonyl (C=O) groups is 1. The Hall–Kier alpha value is -1.69. The van der Waals surface area contributed by atoms with E-state index in [0.717, 1.165) is 6.42 Å². The molecule has 0 radical (unpaired) electrons. The average molecular weight is 344 g/mol. The van der Waals surface area contributed by atoms with Gasteiger partial charge >= 0.3 is 0 Å². The fraction of sp³-hybridized carbons (Fsp3) is 0.550. The second-order valence-corrected chi connectivity index (χ2v) is 6.92. The van der Waals surface area contributed by atoms with Crippen molar-refractivity contribution in [1.29, 1.82) is 0 Å². The number of rotatable bonds is 7. The fourth-order valence-electron chi connectivity index (χ4n) is 3.89. The summed E-state index contributed by atoms with van der Waals surface area (Å²) in [5.41, 5.74) is 3.97. The molecular weight excluding hydrogens is 316 g/mol. The van der Waals surface area contributed by atoms with Crippen molar-refractivity contribution in [2.75, 3.05) is 26.9 Å². The molecule has 3 N–H and O–H groups in total. The predicted octanol–water partition coefficient (Wildman–Crippen LogP) is 1.82. The number of aliphatic hydroxyl groups is 1. The van der Waals surface area contributed by atoms with Gasteiger partial charge in [-0.2, -0.15) is 0 Å². The lowest BCUT2D eigenvalue weighted by Crippen LogP contribution is -2.64. The summed E-state index contributed by atoms with van der Waals surface area (Å²) in [5.74, 6) is 0.0947. The van der Waals surface area contributed by atoms with Gasteiger partial charge in [0, 0.05) is 31.7 Å². The maximum absolute atomic E-state index is 11.6. The summed E-state index contributed by atoms with van der Waals surface area (Å²) in [4.78, 5) is 11.6. The van der Waals surface area contributed by atoms with Crippen molar-refractivity contribution in [2.45, 2.75) is 43.7 Å². The molecule has 1 fully saturated rings. The summed E-state index contributed by atoms with van der Waals surface area (Å²) in [6, 6.07) is 8.91. The topological polar surface area (TPSA) is 70.6 Å². The molecule has 5 nitrogen and oxygen atoms in total. The first-order valence-electron chi connectivity index (χ1n) is 9.15. The van der Waals surface area contributed by atoms with Gasteiger partial charge < -0.3 is 20.5 Å². The zero-order chi connectivity index (χ0) is 17.6. The maximum atomic E-state index is 11.6. The molecule has 1 aliphatic carbocycles. The van der Waals surface area contributed by atoms with Crippen molar-refractivity contribution in [1.82, 2.24) is 10.6 Å². The molecule has 0 spiro atoms. The number of hydrogen-bond donors (Lipinski definition) is 3. The van der Waals surface area contributed by atoms with Gasteiger partial charge in [0.25, 0.3) is 0 Å². The Kier molecular flexibility index (Phi) is 6.24. The highest BCUT2D eigenvalue weighted by Gasteiger charge is 2.40. The monoisotopic (exact) mass is 344 g/mol. The van der Waals surface area contributed by atoms with E-state index in [9.17, 15) is 9.90 Å². The molecule has 1 saturated heterocycles. The lowest BCUT2D eigenvalue weighted by atomic mass is 9.77. The van der Waals surface area contributed by atoms with E-state index in [1.54, 1.807) is 0 Å². The van der Waals surface area contributed by atoms with Crippen LogP contribution in [-0.2, 0) is 9.53 Å². The van der Waals surface area contributed by atoms with Crippen LogP contribution in [0, 0.1) is 0 Å². The highest BCUT2D eigenvalue weighted by Crippen LogP contribution is 2.33. The summed E-state index contributed by atoms with van der Waals surface area (Å²) in [5, 5.41) is 15.8. The molecule has 0 saturated carbocycles. The molecule has 1 aromatic carbocycles. The van der Waals surface area contributed by atoms with E-state index < -0.39 is 0 Å². The van der Waals surface area contributed by atoms with E-state index in [-0.39, 0.29) is 37.1 Å². The number of hydrogen-bond acceptors (Lipinski definition) is 4. The smallest absolute Gasteiger partial charge is 0.246 e. The van der Waals surface area contributed by atoms with Gasteiger partial charge in [-0.25, -0.2) is 0 Å². The highest BCUT2D eigenvalue weighted by molar-refractivity contribution is 5.77. The number of carbonyl (C=O) groups excluding carboxylic acids is 1. The summed E-state index contributed by atoms with van der Waals surface area (Å²) in [6.45, 7) is 0.709. The first kappa shape index (κ1) is 18.1. The summed E-state index contributed by atoms with van der Waals surface area (Å²) < 4.78 is 4.83. The van der Waals surface area contributed by atoms with E-state index in [0.29, 0.717) is 6.54 Å². The van der Waals surface area contributed by atoms with Crippen LogP contribution in [0.5, 0.6) is 0 Å². The van der Waals surface area contributed by atoms with E-state index in [2.05, 4.69) is 41.0 Å². The zero-order valence-electron chi connectivity index (χ0n) is 14.8. The van der Waals surface area contributed by atoms with Gasteiger partial charge in [-0.15, -0.1) is 0 Å². The number of nitrogens with one attached hydrogen (secondary N) is 2. The molecule has 3 atom stereocenters. The molecule has 0 aromatic heterocycles. The largest absolute Gasteiger partial charge is 0.395 e. The van der Waals surface area contributed by atoms with Crippen LogP contribution in [0.4, 0.5) is 0 Å². The number of allylic oxidation sites excluding steroid dienone is 2. The van der Waals surface area contributed by atoms with Gasteiger partial charge in [0.2, 0.25) is 5.91 Å². The molecular formula is C20H28N2O3. The van der Waals surface area contributed by atoms with E-state index in [1.807, 2.05) is 0 Å². The van der Waals surface area contributed by atoms with Crippen LogP contribution in [0.1, 0.15) is 42.7 Å². The van der Waals surface area contributed by atoms with Crippen molar-refractivity contribution in [3.05, 3.63) is 41.5 Å². The van der Waals surface area contributed by atoms with Gasteiger partial charge in [0.05, 0.1) is 6.61 Å². The first-order valence-corrected chi connectivity index (χ1v) is 9.15. The van der Waals surface area contributed by atoms with Crippen LogP contribution in [0.3, 0.4) is 0 Å². The molecule has 1 amide bonds. The van der Waals surface area contributed by atoms with Crippen LogP contribution in [0.15, 0.2) is 30.3 Å². The number of methoxy groups -OCH3 is 1. The van der Waals surface area contributed by atoms with Crippen LogP contribution in [-0.4, -0.2) is 50.0 Å². The summed E-state index contributed by atoms with van der Waals surface area (Å²) in [7, 11) is 1.51. The van der Waals surface area contributed by atoms with E-state index in [1.165, 1.54) is 43.1 Å². The second-order valence-electron chi connectivity index (χ2n) is 6.92. The number of aliphatic hydroxyl groups excluding tert-OH is 1. The van der Waals surface area contributed by atoms with Gasteiger partial charge in [-0.1, -0.05) is 30.3 Å². The molecule has 1 aliphatic heterocycles. The fourth-order valence-corrected chi connectivity index (χ4v) is 3.89. The summed E-state index contributed by atoms with van der Waals surface area (Å²) >= 11 is 0. The molecule has 1 heterocycles. The Morgan fingerprint density at radius 3 is 2.72 bits per heavy atom. The second kappa shape index (κ2) is 8.61.